The SMILES string of the molecule is CC.N#Cc1ccc(C(=O)Nc2nc3[c-]cccc3s2)cc1.[CH3-].[U+2]. The maximum atomic E-state index is 12.1. The third-order valence-electron chi connectivity index (χ3n) is 2.71. The van der Waals surface area contributed by atoms with Gasteiger partial charge in [0.15, 0.2) is 5.13 Å². The number of hydrogen-bond acceptors (Lipinski definition) is 4. The van der Waals surface area contributed by atoms with Gasteiger partial charge in [-0.3, -0.25) is 10.1 Å². The maximum Gasteiger partial charge on any atom is 2.00 e. The topological polar surface area (TPSA) is 65.8 Å². The molecule has 0 aliphatic rings. The Balaban J connectivity index is 0.00000128. The molecule has 0 fully saturated rings. The molecule has 2 aromatic carbocycles. The fourth-order valence-electron chi connectivity index (χ4n) is 1.73. The number of benzene rings is 2. The summed E-state index contributed by atoms with van der Waals surface area (Å²) in [6.07, 6.45) is 0. The van der Waals surface area contributed by atoms with E-state index in [1.807, 2.05) is 32.0 Å². The van der Waals surface area contributed by atoms with Crippen LogP contribution in [0.5, 0.6) is 0 Å². The van der Waals surface area contributed by atoms with Gasteiger partial charge in [-0.25, -0.2) is 4.98 Å². The smallest absolute Gasteiger partial charge is 0.358 e. The van der Waals surface area contributed by atoms with Gasteiger partial charge in [-0.2, -0.15) is 40.9 Å². The van der Waals surface area contributed by atoms with Gasteiger partial charge in [0.1, 0.15) is 0 Å². The van der Waals surface area contributed by atoms with Crippen LogP contribution in [0.15, 0.2) is 42.5 Å². The molecule has 1 aromatic heterocycles. The van der Waals surface area contributed by atoms with Gasteiger partial charge in [-0.1, -0.05) is 18.5 Å². The molecule has 0 saturated carbocycles. The second kappa shape index (κ2) is 11.0. The third kappa shape index (κ3) is 5.46. The molecule has 0 radical (unpaired) electrons. The number of nitrogens with zero attached hydrogens (tertiary/aromatic N) is 2. The van der Waals surface area contributed by atoms with Crippen LogP contribution >= 0.6 is 11.3 Å². The molecule has 3 aromatic rings. The normalized spacial score (nSPS) is 8.71. The number of hydrogen-bond donors (Lipinski definition) is 1. The van der Waals surface area contributed by atoms with Crippen LogP contribution < -0.4 is 5.32 Å². The van der Waals surface area contributed by atoms with E-state index in [9.17, 15) is 4.79 Å². The standard InChI is InChI=1S/C15H8N3OS.C2H6.CH3.U/c16-9-10-5-7-11(8-6-10)14(19)18-15-17-12-3-1-2-4-13(12)20-15;1-2;;/h1-2,4-8H,(H,17,18,19);1-2H3;1H3;/q-1;;-1;+2. The molecule has 0 atom stereocenters. The Morgan fingerprint density at radius 2 is 1.92 bits per heavy atom. The van der Waals surface area contributed by atoms with E-state index in [-0.39, 0.29) is 44.4 Å². The summed E-state index contributed by atoms with van der Waals surface area (Å²) >= 11 is 1.40. The number of amides is 1. The van der Waals surface area contributed by atoms with E-state index < -0.39 is 0 Å². The monoisotopic (exact) mass is 561 g/mol. The van der Waals surface area contributed by atoms with E-state index in [0.717, 1.165) is 10.2 Å². The van der Waals surface area contributed by atoms with Crippen LogP contribution in [-0.2, 0) is 0 Å². The molecule has 120 valence electrons. The minimum Gasteiger partial charge on any atom is -0.358 e. The van der Waals surface area contributed by atoms with Crippen molar-refractivity contribution < 1.29 is 35.9 Å². The number of anilines is 1. The van der Waals surface area contributed by atoms with Crippen molar-refractivity contribution in [2.24, 2.45) is 0 Å². The first-order chi connectivity index (χ1) is 10.8. The van der Waals surface area contributed by atoms with Gasteiger partial charge >= 0.3 is 31.1 Å². The van der Waals surface area contributed by atoms with Crippen LogP contribution in [-0.4, -0.2) is 10.9 Å². The first kappa shape index (κ1) is 22.3. The van der Waals surface area contributed by atoms with Crippen LogP contribution in [0.25, 0.3) is 10.2 Å². The molecule has 1 N–H and O–H groups in total. The average molecular weight is 561 g/mol. The largest absolute Gasteiger partial charge is 2.00 e. The molecule has 0 bridgehead atoms. The molecule has 1 heterocycles. The van der Waals surface area contributed by atoms with Crippen molar-refractivity contribution in [2.45, 2.75) is 13.8 Å². The molecule has 0 saturated heterocycles. The number of thiazole rings is 1. The van der Waals surface area contributed by atoms with Gasteiger partial charge in [0.2, 0.25) is 0 Å². The van der Waals surface area contributed by atoms with Crippen molar-refractivity contribution in [1.29, 1.82) is 5.26 Å². The molecule has 0 spiro atoms. The van der Waals surface area contributed by atoms with Crippen LogP contribution in [0.2, 0.25) is 0 Å². The summed E-state index contributed by atoms with van der Waals surface area (Å²) in [5.41, 5.74) is 1.76. The summed E-state index contributed by atoms with van der Waals surface area (Å²) in [6, 6.07) is 17.1. The number of aromatic nitrogens is 1. The minimum atomic E-state index is -0.242. The van der Waals surface area contributed by atoms with Crippen molar-refractivity contribution >= 4 is 32.6 Å². The summed E-state index contributed by atoms with van der Waals surface area (Å²) in [5.74, 6) is -0.242. The van der Waals surface area contributed by atoms with E-state index in [2.05, 4.69) is 16.4 Å². The van der Waals surface area contributed by atoms with Crippen LogP contribution in [0.1, 0.15) is 29.8 Å². The maximum absolute atomic E-state index is 12.1. The Labute approximate surface area is 170 Å². The van der Waals surface area contributed by atoms with Crippen molar-refractivity contribution in [3.05, 3.63) is 67.1 Å². The first-order valence-corrected chi connectivity index (χ1v) is 7.67. The van der Waals surface area contributed by atoms with Gasteiger partial charge < -0.3 is 7.43 Å². The molecular weight excluding hydrogens is 544 g/mol. The van der Waals surface area contributed by atoms with Gasteiger partial charge in [0.25, 0.3) is 5.91 Å². The van der Waals surface area contributed by atoms with Crippen LogP contribution in [0.4, 0.5) is 5.13 Å². The molecule has 0 aliphatic carbocycles. The fourth-order valence-corrected chi connectivity index (χ4v) is 2.57. The predicted octanol–water partition coefficient (Wildman–Crippen LogP) is 4.70. The fraction of sp³-hybridized carbons (Fsp3) is 0.111. The molecule has 4 nitrogen and oxygen atoms in total. The minimum absolute atomic E-state index is 0. The zero-order chi connectivity index (χ0) is 15.9. The Morgan fingerprint density at radius 1 is 1.25 bits per heavy atom. The van der Waals surface area contributed by atoms with Gasteiger partial charge in [0.05, 0.1) is 11.6 Å². The van der Waals surface area contributed by atoms with Crippen LogP contribution in [0, 0.1) is 55.9 Å². The zero-order valence-corrected chi connectivity index (χ0v) is 18.7. The van der Waals surface area contributed by atoms with Gasteiger partial charge in [-0.05, 0) is 29.8 Å². The zero-order valence-electron chi connectivity index (χ0n) is 13.8. The van der Waals surface area contributed by atoms with E-state index in [1.165, 1.54) is 11.3 Å². The van der Waals surface area contributed by atoms with Crippen molar-refractivity contribution in [3.63, 3.8) is 0 Å². The first-order valence-electron chi connectivity index (χ1n) is 6.85. The summed E-state index contributed by atoms with van der Waals surface area (Å²) in [4.78, 5) is 16.3. The Morgan fingerprint density at radius 3 is 2.50 bits per heavy atom. The quantitative estimate of drug-likeness (QED) is 0.462. The van der Waals surface area contributed by atoms with Gasteiger partial charge in [-0.15, -0.1) is 0 Å². The molecule has 0 unspecified atom stereocenters. The molecule has 6 heteroatoms. The van der Waals surface area contributed by atoms with E-state index in [4.69, 9.17) is 5.26 Å². The molecule has 1 amide bonds. The Bertz CT molecular complexity index is 789. The number of nitrogens with one attached hydrogen (secondary N) is 1. The second-order valence-corrected chi connectivity index (χ2v) is 5.08. The average Bonchev–Trinajstić information content (AvgIpc) is 2.99. The summed E-state index contributed by atoms with van der Waals surface area (Å²) < 4.78 is 0.975. The van der Waals surface area contributed by atoms with Gasteiger partial charge in [0, 0.05) is 5.56 Å². The molecular formula is C18H17N3OSU. The third-order valence-corrected chi connectivity index (χ3v) is 3.65. The van der Waals surface area contributed by atoms with E-state index in [1.54, 1.807) is 30.3 Å². The summed E-state index contributed by atoms with van der Waals surface area (Å²) in [5, 5.41) is 12.0. The summed E-state index contributed by atoms with van der Waals surface area (Å²) in [6.45, 7) is 4.00. The van der Waals surface area contributed by atoms with Crippen molar-refractivity contribution in [3.8, 4) is 6.07 Å². The van der Waals surface area contributed by atoms with Crippen molar-refractivity contribution in [1.82, 2.24) is 4.98 Å². The number of rotatable bonds is 2. The molecule has 0 aliphatic heterocycles. The second-order valence-electron chi connectivity index (χ2n) is 4.05. The number of para-hydroxylation sites is 1. The summed E-state index contributed by atoms with van der Waals surface area (Å²) in [7, 11) is 0. The Hall–Kier alpha value is -1.66. The number of nitriles is 1. The molecule has 3 rings (SSSR count). The molecule has 24 heavy (non-hydrogen) atoms. The van der Waals surface area contributed by atoms with Crippen LogP contribution in [0.3, 0.4) is 0 Å². The Kier molecular flexibility index (Phi) is 10.2. The number of carbonyl (C=O) groups is 1. The van der Waals surface area contributed by atoms with E-state index in [0.29, 0.717) is 16.3 Å². The predicted molar refractivity (Wildman–Crippen MR) is 95.3 cm³/mol. The number of fused-ring (bicyclic) bond motifs is 1. The van der Waals surface area contributed by atoms with Crippen molar-refractivity contribution in [2.75, 3.05) is 5.32 Å². The number of carbonyl (C=O) groups excluding carboxylic acids is 1. The van der Waals surface area contributed by atoms with E-state index >= 15 is 0 Å².